The average molecular weight is 207 g/mol. The van der Waals surface area contributed by atoms with Crippen LogP contribution in [0.2, 0.25) is 0 Å². The van der Waals surface area contributed by atoms with Gasteiger partial charge in [0.2, 0.25) is 0 Å². The van der Waals surface area contributed by atoms with Crippen LogP contribution in [0.15, 0.2) is 23.8 Å². The van der Waals surface area contributed by atoms with E-state index in [1.54, 1.807) is 0 Å². The number of β-amino-alcohol motifs (C(OH)–C–C–N with tert-alkyl or cyclic N) is 1. The number of allylic oxidation sites excluding steroid dienone is 1. The molecule has 1 fully saturated rings. The fourth-order valence-corrected chi connectivity index (χ4v) is 2.57. The van der Waals surface area contributed by atoms with Crippen molar-refractivity contribution in [3.63, 3.8) is 0 Å². The van der Waals surface area contributed by atoms with E-state index in [1.165, 1.54) is 36.8 Å². The van der Waals surface area contributed by atoms with Gasteiger partial charge in [-0.25, -0.2) is 0 Å². The molecule has 0 radical (unpaired) electrons. The van der Waals surface area contributed by atoms with Gasteiger partial charge >= 0.3 is 0 Å². The number of rotatable bonds is 2. The number of aliphatic hydroxyl groups is 1. The Hall–Kier alpha value is -0.600. The minimum Gasteiger partial charge on any atom is -0.388 e. The maximum absolute atomic E-state index is 9.50. The summed E-state index contributed by atoms with van der Waals surface area (Å²) >= 11 is 0. The van der Waals surface area contributed by atoms with Crippen molar-refractivity contribution >= 4 is 0 Å². The molecule has 0 spiro atoms. The third-order valence-corrected chi connectivity index (χ3v) is 3.50. The van der Waals surface area contributed by atoms with Crippen LogP contribution in [0.4, 0.5) is 0 Å². The summed E-state index contributed by atoms with van der Waals surface area (Å²) in [5.41, 5.74) is 2.81. The first-order valence-corrected chi connectivity index (χ1v) is 5.99. The first-order valence-electron chi connectivity index (χ1n) is 5.99. The summed E-state index contributed by atoms with van der Waals surface area (Å²) in [5.74, 6) is 0.814. The molecule has 0 aromatic rings. The summed E-state index contributed by atoms with van der Waals surface area (Å²) in [4.78, 5) is 0. The lowest BCUT2D eigenvalue weighted by atomic mass is 9.82. The number of aliphatic hydroxyl groups excluding tert-OH is 1. The van der Waals surface area contributed by atoms with Gasteiger partial charge in [-0.1, -0.05) is 23.8 Å². The summed E-state index contributed by atoms with van der Waals surface area (Å²) in [5, 5.41) is 12.7. The lowest BCUT2D eigenvalue weighted by molar-refractivity contribution is 0.211. The van der Waals surface area contributed by atoms with Gasteiger partial charge in [-0.05, 0) is 38.0 Å². The lowest BCUT2D eigenvalue weighted by Gasteiger charge is -2.26. The zero-order valence-corrected chi connectivity index (χ0v) is 9.34. The molecule has 0 bridgehead atoms. The summed E-state index contributed by atoms with van der Waals surface area (Å²) < 4.78 is 0. The van der Waals surface area contributed by atoms with Gasteiger partial charge in [0.15, 0.2) is 0 Å². The molecule has 0 aromatic carbocycles. The number of nitrogens with one attached hydrogen (secondary N) is 1. The van der Waals surface area contributed by atoms with Crippen LogP contribution >= 0.6 is 0 Å². The summed E-state index contributed by atoms with van der Waals surface area (Å²) in [6.45, 7) is 5.72. The molecule has 1 unspecified atom stereocenters. The van der Waals surface area contributed by atoms with Crippen molar-refractivity contribution in [1.82, 2.24) is 5.32 Å². The molecule has 1 aliphatic heterocycles. The van der Waals surface area contributed by atoms with E-state index in [-0.39, 0.29) is 6.10 Å². The second-order valence-electron chi connectivity index (χ2n) is 4.92. The molecule has 1 atom stereocenters. The minimum atomic E-state index is -0.271. The summed E-state index contributed by atoms with van der Waals surface area (Å²) in [6, 6.07) is 0. The molecule has 84 valence electrons. The van der Waals surface area contributed by atoms with E-state index < -0.39 is 0 Å². The van der Waals surface area contributed by atoms with E-state index in [9.17, 15) is 5.11 Å². The van der Waals surface area contributed by atoms with Crippen LogP contribution < -0.4 is 5.32 Å². The Bertz CT molecular complexity index is 260. The Kier molecular flexibility index (Phi) is 3.60. The maximum Gasteiger partial charge on any atom is 0.0848 e. The third-order valence-electron chi connectivity index (χ3n) is 3.50. The van der Waals surface area contributed by atoms with E-state index in [4.69, 9.17) is 0 Å². The Morgan fingerprint density at radius 1 is 1.40 bits per heavy atom. The van der Waals surface area contributed by atoms with Crippen molar-refractivity contribution in [2.24, 2.45) is 5.92 Å². The van der Waals surface area contributed by atoms with Crippen molar-refractivity contribution in [3.05, 3.63) is 23.8 Å². The zero-order valence-electron chi connectivity index (χ0n) is 9.34. The fraction of sp³-hybridized carbons (Fsp3) is 0.692. The van der Waals surface area contributed by atoms with Gasteiger partial charge in [0.1, 0.15) is 0 Å². The van der Waals surface area contributed by atoms with Crippen molar-refractivity contribution < 1.29 is 5.11 Å². The largest absolute Gasteiger partial charge is 0.388 e. The topological polar surface area (TPSA) is 32.3 Å². The van der Waals surface area contributed by atoms with E-state index in [0.717, 1.165) is 18.9 Å². The SMILES string of the molecule is C=C1CCC(CC2=CC(O)CNC2)CC1. The van der Waals surface area contributed by atoms with Gasteiger partial charge in [0.25, 0.3) is 0 Å². The van der Waals surface area contributed by atoms with Crippen LogP contribution in [0.5, 0.6) is 0 Å². The molecule has 2 rings (SSSR count). The van der Waals surface area contributed by atoms with Gasteiger partial charge in [-0.3, -0.25) is 0 Å². The molecule has 2 heteroatoms. The van der Waals surface area contributed by atoms with Crippen LogP contribution in [0.1, 0.15) is 32.1 Å². The molecule has 2 N–H and O–H groups in total. The van der Waals surface area contributed by atoms with Crippen LogP contribution in [0, 0.1) is 5.92 Å². The maximum atomic E-state index is 9.50. The van der Waals surface area contributed by atoms with Crippen molar-refractivity contribution in [2.75, 3.05) is 13.1 Å². The zero-order chi connectivity index (χ0) is 10.7. The molecule has 1 saturated carbocycles. The highest BCUT2D eigenvalue weighted by molar-refractivity contribution is 5.13. The van der Waals surface area contributed by atoms with Crippen LogP contribution in [0.3, 0.4) is 0 Å². The Balaban J connectivity index is 1.83. The van der Waals surface area contributed by atoms with Crippen LogP contribution in [0.25, 0.3) is 0 Å². The molecule has 2 aliphatic rings. The summed E-state index contributed by atoms with van der Waals surface area (Å²) in [7, 11) is 0. The molecule has 0 amide bonds. The normalized spacial score (nSPS) is 29.0. The van der Waals surface area contributed by atoms with Gasteiger partial charge < -0.3 is 10.4 Å². The molecule has 0 aromatic heterocycles. The highest BCUT2D eigenvalue weighted by Crippen LogP contribution is 2.31. The number of hydrogen-bond acceptors (Lipinski definition) is 2. The van der Waals surface area contributed by atoms with Gasteiger partial charge in [0.05, 0.1) is 6.10 Å². The predicted molar refractivity (Wildman–Crippen MR) is 62.7 cm³/mol. The van der Waals surface area contributed by atoms with E-state index in [1.807, 2.05) is 6.08 Å². The molecular formula is C13H21NO. The Morgan fingerprint density at radius 2 is 2.13 bits per heavy atom. The number of hydrogen-bond donors (Lipinski definition) is 2. The van der Waals surface area contributed by atoms with Gasteiger partial charge in [-0.15, -0.1) is 0 Å². The van der Waals surface area contributed by atoms with Crippen molar-refractivity contribution in [3.8, 4) is 0 Å². The Labute approximate surface area is 92.1 Å². The third kappa shape index (κ3) is 3.18. The first-order chi connectivity index (χ1) is 7.24. The molecule has 1 aliphatic carbocycles. The fourth-order valence-electron chi connectivity index (χ4n) is 2.57. The second-order valence-corrected chi connectivity index (χ2v) is 4.92. The molecular weight excluding hydrogens is 186 g/mol. The van der Waals surface area contributed by atoms with Crippen LogP contribution in [-0.4, -0.2) is 24.3 Å². The standard InChI is InChI=1S/C13H21NO/c1-10-2-4-11(5-3-10)6-12-7-13(15)9-14-8-12/h7,11,13-15H,1-6,8-9H2. The predicted octanol–water partition coefficient (Wildman–Crippen LogP) is 2.01. The van der Waals surface area contributed by atoms with E-state index >= 15 is 0 Å². The average Bonchev–Trinajstić information content (AvgIpc) is 2.22. The van der Waals surface area contributed by atoms with E-state index in [0.29, 0.717) is 6.54 Å². The highest BCUT2D eigenvalue weighted by Gasteiger charge is 2.18. The first kappa shape index (κ1) is 10.9. The monoisotopic (exact) mass is 207 g/mol. The highest BCUT2D eigenvalue weighted by atomic mass is 16.3. The minimum absolute atomic E-state index is 0.271. The molecule has 2 nitrogen and oxygen atoms in total. The molecule has 15 heavy (non-hydrogen) atoms. The quantitative estimate of drug-likeness (QED) is 0.679. The van der Waals surface area contributed by atoms with Crippen molar-refractivity contribution in [1.29, 1.82) is 0 Å². The molecule has 0 saturated heterocycles. The Morgan fingerprint density at radius 3 is 2.80 bits per heavy atom. The van der Waals surface area contributed by atoms with Gasteiger partial charge in [-0.2, -0.15) is 0 Å². The van der Waals surface area contributed by atoms with Crippen LogP contribution in [-0.2, 0) is 0 Å². The van der Waals surface area contributed by atoms with Gasteiger partial charge in [0, 0.05) is 13.1 Å². The second kappa shape index (κ2) is 4.95. The van der Waals surface area contributed by atoms with E-state index in [2.05, 4.69) is 11.9 Å². The smallest absolute Gasteiger partial charge is 0.0848 e. The molecule has 1 heterocycles. The lowest BCUT2D eigenvalue weighted by Crippen LogP contribution is -2.33. The summed E-state index contributed by atoms with van der Waals surface area (Å²) in [6.07, 6.45) is 7.91. The van der Waals surface area contributed by atoms with Crippen molar-refractivity contribution in [2.45, 2.75) is 38.2 Å².